The maximum atomic E-state index is 14.1. The first-order chi connectivity index (χ1) is 12.3. The van der Waals surface area contributed by atoms with Crippen LogP contribution in [0.5, 0.6) is 5.75 Å². The molecular formula is C17H17ClFIN2O4. The molecule has 0 aromatic heterocycles. The number of halogens is 3. The highest BCUT2D eigenvalue weighted by molar-refractivity contribution is 14.1. The van der Waals surface area contributed by atoms with Crippen molar-refractivity contribution in [3.05, 3.63) is 50.3 Å². The maximum absolute atomic E-state index is 14.1. The zero-order valence-corrected chi connectivity index (χ0v) is 16.4. The molecule has 2 aromatic rings. The number of nitrogens with one attached hydrogen (secondary N) is 1. The predicted molar refractivity (Wildman–Crippen MR) is 106 cm³/mol. The van der Waals surface area contributed by atoms with E-state index in [2.05, 4.69) is 5.32 Å². The quantitative estimate of drug-likeness (QED) is 0.422. The van der Waals surface area contributed by atoms with E-state index >= 15 is 0 Å². The van der Waals surface area contributed by atoms with Gasteiger partial charge in [0.1, 0.15) is 17.1 Å². The molecule has 0 aliphatic rings. The average molecular weight is 495 g/mol. The molecule has 2 rings (SSSR count). The van der Waals surface area contributed by atoms with Crippen LogP contribution in [-0.2, 0) is 0 Å². The molecule has 5 N–H and O–H groups in total. The Hall–Kier alpha value is -1.62. The fourth-order valence-electron chi connectivity index (χ4n) is 2.17. The minimum absolute atomic E-state index is 0.0334. The van der Waals surface area contributed by atoms with Crippen molar-refractivity contribution in [1.82, 2.24) is 0 Å². The highest BCUT2D eigenvalue weighted by atomic mass is 127. The van der Waals surface area contributed by atoms with E-state index in [4.69, 9.17) is 27.2 Å². The van der Waals surface area contributed by atoms with Crippen molar-refractivity contribution in [2.45, 2.75) is 12.5 Å². The Balaban J connectivity index is 2.35. The van der Waals surface area contributed by atoms with Crippen LogP contribution in [0.4, 0.5) is 15.8 Å². The highest BCUT2D eigenvalue weighted by Crippen LogP contribution is 2.36. The zero-order valence-electron chi connectivity index (χ0n) is 13.5. The SMILES string of the molecule is NC(=O)c1c(OCCC(O)CO)ccc(Cl)c1Nc1ccc(I)cc1F. The van der Waals surface area contributed by atoms with Crippen LogP contribution in [0.25, 0.3) is 0 Å². The lowest BCUT2D eigenvalue weighted by molar-refractivity contribution is 0.0751. The summed E-state index contributed by atoms with van der Waals surface area (Å²) in [7, 11) is 0. The van der Waals surface area contributed by atoms with Gasteiger partial charge in [0.15, 0.2) is 0 Å². The number of nitrogens with two attached hydrogens (primary N) is 1. The molecule has 0 bridgehead atoms. The van der Waals surface area contributed by atoms with Gasteiger partial charge in [-0.2, -0.15) is 0 Å². The Morgan fingerprint density at radius 2 is 2.12 bits per heavy atom. The summed E-state index contributed by atoms with van der Waals surface area (Å²) in [4.78, 5) is 11.9. The first kappa shape index (κ1) is 20.7. The molecular weight excluding hydrogens is 478 g/mol. The largest absolute Gasteiger partial charge is 0.493 e. The van der Waals surface area contributed by atoms with E-state index in [0.29, 0.717) is 3.57 Å². The standard InChI is InChI=1S/C17H17ClFIN2O4/c18-11-2-4-14(26-6-5-10(24)8-23)15(17(21)25)16(11)22-13-3-1-9(20)7-12(13)19/h1-4,7,10,22-24H,5-6,8H2,(H2,21,25). The number of anilines is 2. The number of carbonyl (C=O) groups excluding carboxylic acids is 1. The van der Waals surface area contributed by atoms with E-state index in [0.717, 1.165) is 0 Å². The summed E-state index contributed by atoms with van der Waals surface area (Å²) < 4.78 is 20.3. The Kier molecular flexibility index (Phi) is 7.44. The summed E-state index contributed by atoms with van der Waals surface area (Å²) in [6.45, 7) is -0.355. The monoisotopic (exact) mass is 494 g/mol. The summed E-state index contributed by atoms with van der Waals surface area (Å²) in [5.41, 5.74) is 5.67. The van der Waals surface area contributed by atoms with E-state index in [1.54, 1.807) is 6.07 Å². The van der Waals surface area contributed by atoms with Crippen molar-refractivity contribution in [3.63, 3.8) is 0 Å². The summed E-state index contributed by atoms with van der Waals surface area (Å²) in [6, 6.07) is 7.49. The molecule has 0 heterocycles. The Morgan fingerprint density at radius 1 is 1.38 bits per heavy atom. The molecule has 0 radical (unpaired) electrons. The van der Waals surface area contributed by atoms with Gasteiger partial charge >= 0.3 is 0 Å². The molecule has 1 amide bonds. The van der Waals surface area contributed by atoms with E-state index in [-0.39, 0.29) is 40.7 Å². The molecule has 26 heavy (non-hydrogen) atoms. The molecule has 2 aromatic carbocycles. The number of amides is 1. The number of aliphatic hydroxyl groups excluding tert-OH is 2. The van der Waals surface area contributed by atoms with Crippen molar-refractivity contribution in [3.8, 4) is 5.75 Å². The maximum Gasteiger partial charge on any atom is 0.254 e. The van der Waals surface area contributed by atoms with Gasteiger partial charge in [-0.3, -0.25) is 4.79 Å². The van der Waals surface area contributed by atoms with Crippen molar-refractivity contribution < 1.29 is 24.1 Å². The number of primary amides is 1. The summed E-state index contributed by atoms with van der Waals surface area (Å²) in [6.07, 6.45) is -0.774. The van der Waals surface area contributed by atoms with Crippen LogP contribution in [0.3, 0.4) is 0 Å². The molecule has 0 saturated heterocycles. The van der Waals surface area contributed by atoms with Gasteiger partial charge in [0.25, 0.3) is 5.91 Å². The third-order valence-corrected chi connectivity index (χ3v) is 4.46. The molecule has 9 heteroatoms. The first-order valence-corrected chi connectivity index (χ1v) is 9.05. The number of benzene rings is 2. The Bertz CT molecular complexity index is 807. The van der Waals surface area contributed by atoms with Crippen molar-refractivity contribution >= 4 is 51.5 Å². The third kappa shape index (κ3) is 5.19. The Labute approximate surface area is 168 Å². The predicted octanol–water partition coefficient (Wildman–Crippen LogP) is 3.05. The zero-order chi connectivity index (χ0) is 19.3. The minimum atomic E-state index is -0.933. The molecule has 0 aliphatic heterocycles. The molecule has 6 nitrogen and oxygen atoms in total. The second-order valence-corrected chi connectivity index (χ2v) is 7.04. The van der Waals surface area contributed by atoms with Crippen LogP contribution in [0.1, 0.15) is 16.8 Å². The van der Waals surface area contributed by atoms with E-state index < -0.39 is 24.4 Å². The highest BCUT2D eigenvalue weighted by Gasteiger charge is 2.20. The number of hydrogen-bond acceptors (Lipinski definition) is 5. The van der Waals surface area contributed by atoms with Gasteiger partial charge in [0, 0.05) is 9.99 Å². The Morgan fingerprint density at radius 3 is 2.73 bits per heavy atom. The van der Waals surface area contributed by atoms with Crippen molar-refractivity contribution in [2.24, 2.45) is 5.73 Å². The number of ether oxygens (including phenoxy) is 1. The van der Waals surface area contributed by atoms with E-state index in [9.17, 15) is 14.3 Å². The average Bonchev–Trinajstić information content (AvgIpc) is 2.59. The molecule has 140 valence electrons. The van der Waals surface area contributed by atoms with Crippen LogP contribution >= 0.6 is 34.2 Å². The lowest BCUT2D eigenvalue weighted by Crippen LogP contribution is -2.19. The summed E-state index contributed by atoms with van der Waals surface area (Å²) in [5, 5.41) is 21.1. The first-order valence-electron chi connectivity index (χ1n) is 7.59. The number of carbonyl (C=O) groups is 1. The fourth-order valence-corrected chi connectivity index (χ4v) is 2.82. The van der Waals surface area contributed by atoms with Crippen molar-refractivity contribution in [2.75, 3.05) is 18.5 Å². The van der Waals surface area contributed by atoms with Gasteiger partial charge in [0.2, 0.25) is 0 Å². The van der Waals surface area contributed by atoms with Gasteiger partial charge in [-0.05, 0) is 52.9 Å². The second-order valence-electron chi connectivity index (χ2n) is 5.38. The number of aliphatic hydroxyl groups is 2. The van der Waals surface area contributed by atoms with Crippen LogP contribution in [0.15, 0.2) is 30.3 Å². The molecule has 0 spiro atoms. The van der Waals surface area contributed by atoms with Gasteiger partial charge in [-0.1, -0.05) is 11.6 Å². The molecule has 0 aliphatic carbocycles. The lowest BCUT2D eigenvalue weighted by atomic mass is 10.1. The summed E-state index contributed by atoms with van der Waals surface area (Å²) >= 11 is 8.14. The molecule has 0 saturated carbocycles. The van der Waals surface area contributed by atoms with Gasteiger partial charge in [-0.25, -0.2) is 4.39 Å². The normalized spacial score (nSPS) is 11.9. The minimum Gasteiger partial charge on any atom is -0.493 e. The summed E-state index contributed by atoms with van der Waals surface area (Å²) in [5.74, 6) is -1.18. The van der Waals surface area contributed by atoms with Crippen LogP contribution in [0, 0.1) is 9.39 Å². The van der Waals surface area contributed by atoms with Gasteiger partial charge in [-0.15, -0.1) is 0 Å². The molecule has 0 fully saturated rings. The number of rotatable bonds is 8. The smallest absolute Gasteiger partial charge is 0.254 e. The van der Waals surface area contributed by atoms with Gasteiger partial charge < -0.3 is 26.0 Å². The second kappa shape index (κ2) is 9.36. The van der Waals surface area contributed by atoms with Crippen LogP contribution < -0.4 is 15.8 Å². The van der Waals surface area contributed by atoms with Crippen molar-refractivity contribution in [1.29, 1.82) is 0 Å². The third-order valence-electron chi connectivity index (χ3n) is 3.47. The van der Waals surface area contributed by atoms with E-state index in [1.807, 2.05) is 22.6 Å². The van der Waals surface area contributed by atoms with E-state index in [1.165, 1.54) is 24.3 Å². The van der Waals surface area contributed by atoms with Crippen LogP contribution in [-0.4, -0.2) is 35.4 Å². The number of hydrogen-bond donors (Lipinski definition) is 4. The molecule has 1 unspecified atom stereocenters. The van der Waals surface area contributed by atoms with Crippen LogP contribution in [0.2, 0.25) is 5.02 Å². The van der Waals surface area contributed by atoms with Gasteiger partial charge in [0.05, 0.1) is 35.7 Å². The lowest BCUT2D eigenvalue weighted by Gasteiger charge is -2.17. The fraction of sp³-hybridized carbons (Fsp3) is 0.235. The topological polar surface area (TPSA) is 105 Å². The molecule has 1 atom stereocenters.